The van der Waals surface area contributed by atoms with Crippen LogP contribution in [0.4, 0.5) is 0 Å². The molecule has 0 atom stereocenters. The van der Waals surface area contributed by atoms with Crippen molar-refractivity contribution in [2.24, 2.45) is 0 Å². The summed E-state index contributed by atoms with van der Waals surface area (Å²) in [6.07, 6.45) is 0. The van der Waals surface area contributed by atoms with Crippen molar-refractivity contribution in [3.05, 3.63) is 0 Å². The molecule has 0 fully saturated rings. The van der Waals surface area contributed by atoms with Crippen LogP contribution < -0.4 is 14.7 Å². The Morgan fingerprint density at radius 2 is 1.00 bits per heavy atom. The van der Waals surface area contributed by atoms with Crippen molar-refractivity contribution in [3.8, 4) is 0 Å². The van der Waals surface area contributed by atoms with Crippen molar-refractivity contribution in [1.29, 1.82) is 0 Å². The van der Waals surface area contributed by atoms with Gasteiger partial charge in [-0.2, -0.15) is 0 Å². The van der Waals surface area contributed by atoms with Gasteiger partial charge in [-0.15, -0.1) is 0 Å². The van der Waals surface area contributed by atoms with Gasteiger partial charge in [0.25, 0.3) is 0 Å². The molecule has 26 valence electrons. The zero-order valence-corrected chi connectivity index (χ0v) is 7.97. The third-order valence-corrected chi connectivity index (χ3v) is 0. The van der Waals surface area contributed by atoms with Crippen LogP contribution in [0.2, 0.25) is 0 Å². The van der Waals surface area contributed by atoms with E-state index in [4.69, 9.17) is 14.7 Å². The van der Waals surface area contributed by atoms with Gasteiger partial charge in [-0.3, -0.25) is 0 Å². The summed E-state index contributed by atoms with van der Waals surface area (Å²) in [7, 11) is -3.37. The molecule has 3 nitrogen and oxygen atoms in total. The molecule has 0 amide bonds. The average molecular weight is 171 g/mol. The Morgan fingerprint density at radius 1 is 1.00 bits per heavy atom. The first-order valence-corrected chi connectivity index (χ1v) is 1.64. The average Bonchev–Trinajstić information content (AvgIpc) is 0.811. The Kier molecular flexibility index (Phi) is 25.3. The van der Waals surface area contributed by atoms with E-state index in [2.05, 4.69) is 0 Å². The topological polar surface area (TPSA) is 69.2 Å². The first-order chi connectivity index (χ1) is 1.73. The fourth-order valence-corrected chi connectivity index (χ4v) is 0. The number of hydrogen-bond acceptors (Lipinski definition) is 3. The van der Waals surface area contributed by atoms with Gasteiger partial charge in [0.05, 0.1) is 0 Å². The summed E-state index contributed by atoms with van der Waals surface area (Å²) < 4.78 is 0. The minimum absolute atomic E-state index is 0. The second-order valence-corrected chi connectivity index (χ2v) is 0.671. The normalized spacial score (nSPS) is 6.00. The summed E-state index contributed by atoms with van der Waals surface area (Å²) in [5.41, 5.74) is 0. The van der Waals surface area contributed by atoms with Gasteiger partial charge in [-0.1, -0.05) is 0 Å². The molecule has 0 radical (unpaired) electrons. The van der Waals surface area contributed by atoms with Crippen LogP contribution in [0.15, 0.2) is 0 Å². The van der Waals surface area contributed by atoms with Gasteiger partial charge in [-0.25, -0.2) is 0 Å². The first kappa shape index (κ1) is 15.7. The molecule has 0 unspecified atom stereocenters. The molecule has 6 heteroatoms. The smallest absolute Gasteiger partial charge is 0.854 e. The molecule has 0 aromatic carbocycles. The van der Waals surface area contributed by atoms with Gasteiger partial charge < -0.3 is 23.3 Å². The van der Waals surface area contributed by atoms with E-state index in [1.165, 1.54) is 0 Å². The van der Waals surface area contributed by atoms with Gasteiger partial charge in [-0.05, 0) is 0 Å². The predicted octanol–water partition coefficient (Wildman–Crippen LogP) is -3.09. The minimum atomic E-state index is -3.37. The SMILES string of the molecule is [Al+3].[O-]P([O-])[O-].[Zn+2]. The van der Waals surface area contributed by atoms with E-state index >= 15 is 0 Å². The van der Waals surface area contributed by atoms with Crippen molar-refractivity contribution in [2.45, 2.75) is 0 Å². The Bertz CT molecular complexity index is 15.5. The third-order valence-electron chi connectivity index (χ3n) is 0. The van der Waals surface area contributed by atoms with Gasteiger partial charge in [0.1, 0.15) is 0 Å². The standard InChI is InChI=1S/Al.O3P.Zn/c;1-4(2)3;/q+3;-3;+2. The van der Waals surface area contributed by atoms with Crippen molar-refractivity contribution < 1.29 is 34.2 Å². The molecule has 6 heavy (non-hydrogen) atoms. The summed E-state index contributed by atoms with van der Waals surface area (Å²) in [4.78, 5) is 25.4. The Balaban J connectivity index is -0.0000000450. The summed E-state index contributed by atoms with van der Waals surface area (Å²) in [5, 5.41) is 0. The van der Waals surface area contributed by atoms with Crippen molar-refractivity contribution >= 4 is 26.0 Å². The molecule has 0 aliphatic carbocycles. The van der Waals surface area contributed by atoms with E-state index in [0.29, 0.717) is 0 Å². The monoisotopic (exact) mass is 170 g/mol. The van der Waals surface area contributed by atoms with Crippen LogP contribution in [0.3, 0.4) is 0 Å². The zero-order valence-electron chi connectivity index (χ0n) is 2.96. The van der Waals surface area contributed by atoms with E-state index in [1.54, 1.807) is 0 Å². The zero-order chi connectivity index (χ0) is 3.58. The molecule has 0 saturated carbocycles. The van der Waals surface area contributed by atoms with E-state index in [9.17, 15) is 0 Å². The maximum atomic E-state index is 8.48. The quantitative estimate of drug-likeness (QED) is 0.286. The van der Waals surface area contributed by atoms with Gasteiger partial charge in [0.2, 0.25) is 0 Å². The molecule has 0 rings (SSSR count). The van der Waals surface area contributed by atoms with Crippen LogP contribution >= 0.6 is 8.60 Å². The second kappa shape index (κ2) is 9.69. The van der Waals surface area contributed by atoms with E-state index in [-0.39, 0.29) is 36.8 Å². The minimum Gasteiger partial charge on any atom is -0.854 e. The molecule has 0 spiro atoms. The Labute approximate surface area is 60.3 Å². The molecule has 0 heterocycles. The Hall–Kier alpha value is 1.47. The van der Waals surface area contributed by atoms with Gasteiger partial charge in [0.15, 0.2) is 0 Å². The van der Waals surface area contributed by atoms with Crippen molar-refractivity contribution in [3.63, 3.8) is 0 Å². The molecular formula is AlO3PZn+2. The van der Waals surface area contributed by atoms with Crippen molar-refractivity contribution in [2.75, 3.05) is 0 Å². The summed E-state index contributed by atoms with van der Waals surface area (Å²) in [6, 6.07) is 0. The summed E-state index contributed by atoms with van der Waals surface area (Å²) in [6.45, 7) is 0. The molecular weight excluding hydrogens is 171 g/mol. The van der Waals surface area contributed by atoms with Crippen molar-refractivity contribution in [1.82, 2.24) is 0 Å². The fourth-order valence-electron chi connectivity index (χ4n) is 0. The van der Waals surface area contributed by atoms with Crippen LogP contribution in [0.25, 0.3) is 0 Å². The second-order valence-electron chi connectivity index (χ2n) is 0.224. The van der Waals surface area contributed by atoms with E-state index in [1.807, 2.05) is 0 Å². The van der Waals surface area contributed by atoms with Crippen LogP contribution in [0.5, 0.6) is 0 Å². The van der Waals surface area contributed by atoms with E-state index in [0.717, 1.165) is 0 Å². The van der Waals surface area contributed by atoms with E-state index < -0.39 is 8.60 Å². The Morgan fingerprint density at radius 3 is 1.00 bits per heavy atom. The maximum Gasteiger partial charge on any atom is 3.00 e. The maximum absolute atomic E-state index is 8.48. The van der Waals surface area contributed by atoms with Crippen LogP contribution in [-0.2, 0) is 19.5 Å². The van der Waals surface area contributed by atoms with Crippen LogP contribution in [0.1, 0.15) is 0 Å². The predicted molar refractivity (Wildman–Crippen MR) is 12.7 cm³/mol. The summed E-state index contributed by atoms with van der Waals surface area (Å²) in [5.74, 6) is 0. The first-order valence-electron chi connectivity index (χ1n) is 0.548. The van der Waals surface area contributed by atoms with Gasteiger partial charge in [0, 0.05) is 0 Å². The molecule has 0 aromatic rings. The van der Waals surface area contributed by atoms with Crippen LogP contribution in [-0.4, -0.2) is 17.4 Å². The third kappa shape index (κ3) is 50.7. The molecule has 0 bridgehead atoms. The number of hydrogen-bond donors (Lipinski definition) is 0. The summed E-state index contributed by atoms with van der Waals surface area (Å²) >= 11 is 0. The molecule has 0 aromatic heterocycles. The molecule has 0 N–H and O–H groups in total. The van der Waals surface area contributed by atoms with Gasteiger partial charge >= 0.3 is 36.8 Å². The number of rotatable bonds is 0. The molecule has 0 aliphatic heterocycles. The van der Waals surface area contributed by atoms with Crippen LogP contribution in [0, 0.1) is 0 Å². The molecule has 0 saturated heterocycles. The largest absolute Gasteiger partial charge is 3.00 e. The fraction of sp³-hybridized carbons (Fsp3) is 0. The molecule has 0 aliphatic rings.